The van der Waals surface area contributed by atoms with Crippen LogP contribution >= 0.6 is 11.6 Å². The lowest BCUT2D eigenvalue weighted by Gasteiger charge is -2.04. The highest BCUT2D eigenvalue weighted by Gasteiger charge is 2.03. The van der Waals surface area contributed by atoms with Crippen LogP contribution in [0.25, 0.3) is 0 Å². The third-order valence-electron chi connectivity index (χ3n) is 2.31. The second-order valence-corrected chi connectivity index (χ2v) is 4.09. The van der Waals surface area contributed by atoms with Gasteiger partial charge in [-0.3, -0.25) is 0 Å². The van der Waals surface area contributed by atoms with E-state index in [4.69, 9.17) is 16.7 Å². The number of halogens is 2. The molecule has 0 aliphatic rings. The molecular weight excluding hydrogens is 259 g/mol. The highest BCUT2D eigenvalue weighted by molar-refractivity contribution is 6.30. The van der Waals surface area contributed by atoms with Crippen molar-refractivity contribution >= 4 is 17.3 Å². The first kappa shape index (κ1) is 12.8. The number of aliphatic hydroxyl groups excluding tert-OH is 1. The van der Waals surface area contributed by atoms with Crippen molar-refractivity contribution in [1.29, 1.82) is 0 Å². The van der Waals surface area contributed by atoms with Gasteiger partial charge in [0.15, 0.2) is 0 Å². The predicted octanol–water partition coefficient (Wildman–Crippen LogP) is 1.67. The molecule has 0 spiro atoms. The van der Waals surface area contributed by atoms with Crippen LogP contribution in [0, 0.1) is 5.82 Å². The Hall–Kier alpha value is -1.66. The van der Waals surface area contributed by atoms with Crippen LogP contribution in [0.3, 0.4) is 0 Å². The lowest BCUT2D eigenvalue weighted by atomic mass is 10.3. The molecule has 2 N–H and O–H groups in total. The lowest BCUT2D eigenvalue weighted by molar-refractivity contribution is 0.268. The number of anilines is 1. The first-order valence-electron chi connectivity index (χ1n) is 5.38. The first-order valence-corrected chi connectivity index (χ1v) is 5.75. The maximum absolute atomic E-state index is 13.2. The van der Waals surface area contributed by atoms with E-state index >= 15 is 0 Å². The van der Waals surface area contributed by atoms with Crippen LogP contribution in [0.5, 0.6) is 0 Å². The van der Waals surface area contributed by atoms with Gasteiger partial charge in [0.1, 0.15) is 11.5 Å². The normalized spacial score (nSPS) is 10.6. The molecule has 5 nitrogen and oxygen atoms in total. The number of nitrogens with zero attached hydrogens (tertiary/aromatic N) is 3. The van der Waals surface area contributed by atoms with Gasteiger partial charge >= 0.3 is 0 Å². The fraction of sp³-hybridized carbons (Fsp3) is 0.273. The van der Waals surface area contributed by atoms with Gasteiger partial charge in [-0.15, -0.1) is 5.10 Å². The van der Waals surface area contributed by atoms with Gasteiger partial charge in [0, 0.05) is 5.69 Å². The van der Waals surface area contributed by atoms with E-state index in [0.29, 0.717) is 24.5 Å². The number of hydrogen-bond acceptors (Lipinski definition) is 4. The molecule has 0 fully saturated rings. The maximum atomic E-state index is 13.2. The topological polar surface area (TPSA) is 63.0 Å². The van der Waals surface area contributed by atoms with E-state index in [2.05, 4.69) is 15.6 Å². The van der Waals surface area contributed by atoms with E-state index < -0.39 is 5.82 Å². The molecule has 0 saturated heterocycles. The summed E-state index contributed by atoms with van der Waals surface area (Å²) in [6, 6.07) is 4.49. The average Bonchev–Trinajstić information content (AvgIpc) is 2.79. The Kier molecular flexibility index (Phi) is 4.11. The molecule has 0 bridgehead atoms. The van der Waals surface area contributed by atoms with Gasteiger partial charge in [-0.25, -0.2) is 9.07 Å². The molecule has 1 heterocycles. The summed E-state index contributed by atoms with van der Waals surface area (Å²) >= 11 is 5.58. The highest BCUT2D eigenvalue weighted by Crippen LogP contribution is 2.18. The third kappa shape index (κ3) is 3.18. The quantitative estimate of drug-likeness (QED) is 0.868. The summed E-state index contributed by atoms with van der Waals surface area (Å²) in [5.41, 5.74) is 1.33. The minimum atomic E-state index is -0.467. The fourth-order valence-electron chi connectivity index (χ4n) is 1.43. The molecule has 1 aromatic heterocycles. The van der Waals surface area contributed by atoms with Gasteiger partial charge in [0.25, 0.3) is 0 Å². The molecule has 0 saturated carbocycles. The fourth-order valence-corrected chi connectivity index (χ4v) is 1.55. The van der Waals surface area contributed by atoms with Crippen molar-refractivity contribution in [2.24, 2.45) is 0 Å². The number of nitrogens with one attached hydrogen (secondary N) is 1. The summed E-state index contributed by atoms with van der Waals surface area (Å²) in [5.74, 6) is -0.467. The smallest absolute Gasteiger partial charge is 0.143 e. The van der Waals surface area contributed by atoms with Crippen LogP contribution in [0.1, 0.15) is 5.69 Å². The zero-order valence-corrected chi connectivity index (χ0v) is 10.2. The Morgan fingerprint density at radius 2 is 2.28 bits per heavy atom. The SMILES string of the molecule is OCCn1cc(CNc2ccc(Cl)c(F)c2)nn1. The zero-order chi connectivity index (χ0) is 13.0. The van der Waals surface area contributed by atoms with Crippen molar-refractivity contribution in [3.05, 3.63) is 40.9 Å². The highest BCUT2D eigenvalue weighted by atomic mass is 35.5. The molecule has 7 heteroatoms. The van der Waals surface area contributed by atoms with E-state index in [1.165, 1.54) is 12.1 Å². The van der Waals surface area contributed by atoms with Crippen LogP contribution < -0.4 is 5.32 Å². The Morgan fingerprint density at radius 1 is 1.44 bits per heavy atom. The largest absolute Gasteiger partial charge is 0.394 e. The molecule has 0 unspecified atom stereocenters. The summed E-state index contributed by atoms with van der Waals surface area (Å²) < 4.78 is 14.7. The van der Waals surface area contributed by atoms with Crippen LogP contribution in [0.2, 0.25) is 5.02 Å². The second kappa shape index (κ2) is 5.79. The minimum Gasteiger partial charge on any atom is -0.394 e. The number of aromatic nitrogens is 3. The summed E-state index contributed by atoms with van der Waals surface area (Å²) in [4.78, 5) is 0. The zero-order valence-electron chi connectivity index (χ0n) is 9.48. The van der Waals surface area contributed by atoms with E-state index in [-0.39, 0.29) is 11.6 Å². The number of hydrogen-bond donors (Lipinski definition) is 2. The van der Waals surface area contributed by atoms with Crippen molar-refractivity contribution in [2.45, 2.75) is 13.1 Å². The molecule has 0 atom stereocenters. The predicted molar refractivity (Wildman–Crippen MR) is 65.8 cm³/mol. The molecule has 0 aliphatic carbocycles. The summed E-state index contributed by atoms with van der Waals surface area (Å²) in [6.07, 6.45) is 1.72. The standard InChI is InChI=1S/C11H12ClFN4O/c12-10-2-1-8(5-11(10)13)14-6-9-7-17(3-4-18)16-15-9/h1-2,5,7,14,18H,3-4,6H2. The average molecular weight is 271 g/mol. The minimum absolute atomic E-state index is 0.0125. The number of rotatable bonds is 5. The molecule has 0 aliphatic heterocycles. The molecule has 2 aromatic rings. The Bertz CT molecular complexity index is 532. The summed E-state index contributed by atoms with van der Waals surface area (Å²) in [5, 5.41) is 19.6. The van der Waals surface area contributed by atoms with Crippen LogP contribution in [0.4, 0.5) is 10.1 Å². The molecule has 96 valence electrons. The van der Waals surface area contributed by atoms with E-state index in [1.807, 2.05) is 0 Å². The Balaban J connectivity index is 1.95. The van der Waals surface area contributed by atoms with Crippen LogP contribution in [-0.2, 0) is 13.1 Å². The second-order valence-electron chi connectivity index (χ2n) is 3.68. The van der Waals surface area contributed by atoms with Crippen LogP contribution in [-0.4, -0.2) is 26.7 Å². The third-order valence-corrected chi connectivity index (χ3v) is 2.61. The van der Waals surface area contributed by atoms with Crippen molar-refractivity contribution in [3.63, 3.8) is 0 Å². The van der Waals surface area contributed by atoms with Crippen molar-refractivity contribution in [1.82, 2.24) is 15.0 Å². The van der Waals surface area contributed by atoms with E-state index in [0.717, 1.165) is 0 Å². The van der Waals surface area contributed by atoms with Crippen molar-refractivity contribution in [3.8, 4) is 0 Å². The Labute approximate surface area is 108 Å². The van der Waals surface area contributed by atoms with Gasteiger partial charge in [0.05, 0.1) is 30.9 Å². The van der Waals surface area contributed by atoms with Gasteiger partial charge in [-0.2, -0.15) is 0 Å². The van der Waals surface area contributed by atoms with E-state index in [1.54, 1.807) is 16.9 Å². The first-order chi connectivity index (χ1) is 8.69. The van der Waals surface area contributed by atoms with Crippen LogP contribution in [0.15, 0.2) is 24.4 Å². The number of aliphatic hydroxyl groups is 1. The molecule has 1 aromatic carbocycles. The summed E-state index contributed by atoms with van der Waals surface area (Å²) in [6.45, 7) is 0.841. The monoisotopic (exact) mass is 270 g/mol. The molecule has 18 heavy (non-hydrogen) atoms. The molecule has 0 amide bonds. The molecule has 0 radical (unpaired) electrons. The van der Waals surface area contributed by atoms with Crippen molar-refractivity contribution < 1.29 is 9.50 Å². The maximum Gasteiger partial charge on any atom is 0.143 e. The summed E-state index contributed by atoms with van der Waals surface area (Å²) in [7, 11) is 0. The molecule has 2 rings (SSSR count). The number of benzene rings is 1. The lowest BCUT2D eigenvalue weighted by Crippen LogP contribution is -2.02. The van der Waals surface area contributed by atoms with Gasteiger partial charge in [-0.05, 0) is 18.2 Å². The van der Waals surface area contributed by atoms with E-state index in [9.17, 15) is 4.39 Å². The van der Waals surface area contributed by atoms with Gasteiger partial charge < -0.3 is 10.4 Å². The van der Waals surface area contributed by atoms with Gasteiger partial charge in [0.2, 0.25) is 0 Å². The van der Waals surface area contributed by atoms with Gasteiger partial charge in [-0.1, -0.05) is 16.8 Å². The Morgan fingerprint density at radius 3 is 3.00 bits per heavy atom. The van der Waals surface area contributed by atoms with Crippen molar-refractivity contribution in [2.75, 3.05) is 11.9 Å². The molecular formula is C11H12ClFN4O.